The Hall–Kier alpha value is -2.61. The van der Waals surface area contributed by atoms with Gasteiger partial charge in [0, 0.05) is 11.9 Å². The minimum absolute atomic E-state index is 0.856. The minimum atomic E-state index is 0.856. The van der Waals surface area contributed by atoms with Crippen molar-refractivity contribution in [1.82, 2.24) is 0 Å². The zero-order chi connectivity index (χ0) is 16.0. The van der Waals surface area contributed by atoms with Gasteiger partial charge in [0.1, 0.15) is 0 Å². The first-order valence-electron chi connectivity index (χ1n) is 8.03. The molecule has 2 heteroatoms. The quantitative estimate of drug-likeness (QED) is 0.615. The van der Waals surface area contributed by atoms with Crippen LogP contribution in [0.15, 0.2) is 53.5 Å². The summed E-state index contributed by atoms with van der Waals surface area (Å²) in [7, 11) is 0. The Morgan fingerprint density at radius 2 is 1.61 bits per heavy atom. The minimum Gasteiger partial charge on any atom is -0.327 e. The third-order valence-electron chi connectivity index (χ3n) is 4.68. The average Bonchev–Trinajstić information content (AvgIpc) is 2.53. The van der Waals surface area contributed by atoms with Crippen LogP contribution < -0.4 is 4.90 Å². The SMILES string of the molecule is Cc1cc(C)c(CN2C=Nc3cccc4cccc2c34)c(C)c1. The zero-order valence-electron chi connectivity index (χ0n) is 13.8. The first-order valence-corrected chi connectivity index (χ1v) is 8.03. The molecule has 3 aromatic carbocycles. The van der Waals surface area contributed by atoms with Crippen molar-refractivity contribution in [3.8, 4) is 0 Å². The Morgan fingerprint density at radius 1 is 0.913 bits per heavy atom. The van der Waals surface area contributed by atoms with Crippen LogP contribution in [0.3, 0.4) is 0 Å². The van der Waals surface area contributed by atoms with E-state index in [1.54, 1.807) is 0 Å². The summed E-state index contributed by atoms with van der Waals surface area (Å²) in [5.74, 6) is 0. The van der Waals surface area contributed by atoms with Gasteiger partial charge in [-0.2, -0.15) is 0 Å². The normalized spacial score (nSPS) is 12.9. The lowest BCUT2D eigenvalue weighted by Gasteiger charge is -2.27. The standard InChI is InChI=1S/C21H20N2/c1-14-10-15(2)18(16(3)11-14)12-23-13-22-19-8-4-6-17-7-5-9-20(23)21(17)19/h4-11,13H,12H2,1-3H3. The number of rotatable bonds is 2. The molecule has 0 aromatic heterocycles. The molecule has 3 aromatic rings. The molecular weight excluding hydrogens is 280 g/mol. The molecule has 0 atom stereocenters. The summed E-state index contributed by atoms with van der Waals surface area (Å²) in [6.45, 7) is 7.41. The number of hydrogen-bond donors (Lipinski definition) is 0. The molecule has 1 aliphatic rings. The number of anilines is 1. The molecule has 0 saturated carbocycles. The van der Waals surface area contributed by atoms with E-state index in [4.69, 9.17) is 0 Å². The summed E-state index contributed by atoms with van der Waals surface area (Å²) in [5.41, 5.74) is 7.71. The monoisotopic (exact) mass is 300 g/mol. The number of hydrogen-bond acceptors (Lipinski definition) is 2. The second-order valence-corrected chi connectivity index (χ2v) is 6.40. The number of aliphatic imine (C=N–C) groups is 1. The van der Waals surface area contributed by atoms with Gasteiger partial charge in [-0.25, -0.2) is 4.99 Å². The number of nitrogens with zero attached hydrogens (tertiary/aromatic N) is 2. The first kappa shape index (κ1) is 14.0. The molecule has 4 rings (SSSR count). The number of benzene rings is 3. The summed E-state index contributed by atoms with van der Waals surface area (Å²) < 4.78 is 0. The Kier molecular flexibility index (Phi) is 3.19. The van der Waals surface area contributed by atoms with E-state index in [-0.39, 0.29) is 0 Å². The van der Waals surface area contributed by atoms with Gasteiger partial charge in [-0.3, -0.25) is 0 Å². The van der Waals surface area contributed by atoms with Crippen LogP contribution >= 0.6 is 0 Å². The fourth-order valence-electron chi connectivity index (χ4n) is 3.60. The third-order valence-corrected chi connectivity index (χ3v) is 4.68. The maximum absolute atomic E-state index is 4.67. The molecule has 114 valence electrons. The Bertz CT molecular complexity index is 909. The molecule has 1 heterocycles. The van der Waals surface area contributed by atoms with Crippen molar-refractivity contribution in [2.24, 2.45) is 4.99 Å². The van der Waals surface area contributed by atoms with Gasteiger partial charge in [0.05, 0.1) is 17.7 Å². The summed E-state index contributed by atoms with van der Waals surface area (Å²) in [6, 6.07) is 17.3. The van der Waals surface area contributed by atoms with Gasteiger partial charge in [0.15, 0.2) is 0 Å². The lowest BCUT2D eigenvalue weighted by Crippen LogP contribution is -2.23. The third kappa shape index (κ3) is 2.31. The van der Waals surface area contributed by atoms with Crippen molar-refractivity contribution in [2.45, 2.75) is 27.3 Å². The summed E-state index contributed by atoms with van der Waals surface area (Å²) in [4.78, 5) is 6.93. The van der Waals surface area contributed by atoms with Gasteiger partial charge < -0.3 is 4.90 Å². The van der Waals surface area contributed by atoms with Crippen LogP contribution in [0, 0.1) is 20.8 Å². The predicted octanol–water partition coefficient (Wildman–Crippen LogP) is 5.45. The van der Waals surface area contributed by atoms with Crippen molar-refractivity contribution in [3.63, 3.8) is 0 Å². The predicted molar refractivity (Wildman–Crippen MR) is 98.9 cm³/mol. The Balaban J connectivity index is 1.81. The Morgan fingerprint density at radius 3 is 2.35 bits per heavy atom. The zero-order valence-corrected chi connectivity index (χ0v) is 13.8. The van der Waals surface area contributed by atoms with Crippen LogP contribution in [0.25, 0.3) is 10.8 Å². The van der Waals surface area contributed by atoms with Gasteiger partial charge in [-0.1, -0.05) is 42.0 Å². The number of aryl methyl sites for hydroxylation is 3. The van der Waals surface area contributed by atoms with Crippen LogP contribution in [0.5, 0.6) is 0 Å². The van der Waals surface area contributed by atoms with E-state index >= 15 is 0 Å². The molecule has 1 aliphatic heterocycles. The van der Waals surface area contributed by atoms with Crippen LogP contribution in [-0.4, -0.2) is 6.34 Å². The van der Waals surface area contributed by atoms with Gasteiger partial charge in [0.2, 0.25) is 0 Å². The van der Waals surface area contributed by atoms with Gasteiger partial charge in [-0.15, -0.1) is 0 Å². The van der Waals surface area contributed by atoms with E-state index in [0.717, 1.165) is 12.2 Å². The van der Waals surface area contributed by atoms with E-state index in [1.807, 2.05) is 6.34 Å². The molecule has 0 bridgehead atoms. The second kappa shape index (κ2) is 5.24. The summed E-state index contributed by atoms with van der Waals surface area (Å²) in [6.07, 6.45) is 1.97. The average molecular weight is 300 g/mol. The van der Waals surface area contributed by atoms with Crippen LogP contribution in [0.1, 0.15) is 22.3 Å². The highest BCUT2D eigenvalue weighted by Crippen LogP contribution is 2.37. The molecule has 0 spiro atoms. The molecule has 0 unspecified atom stereocenters. The highest BCUT2D eigenvalue weighted by molar-refractivity contribution is 6.09. The van der Waals surface area contributed by atoms with E-state index in [0.29, 0.717) is 0 Å². The first-order chi connectivity index (χ1) is 11.1. The molecule has 0 amide bonds. The van der Waals surface area contributed by atoms with Crippen LogP contribution in [0.4, 0.5) is 11.4 Å². The lowest BCUT2D eigenvalue weighted by atomic mass is 9.98. The van der Waals surface area contributed by atoms with Gasteiger partial charge >= 0.3 is 0 Å². The van der Waals surface area contributed by atoms with Crippen molar-refractivity contribution in [1.29, 1.82) is 0 Å². The maximum atomic E-state index is 4.67. The van der Waals surface area contributed by atoms with Crippen LogP contribution in [-0.2, 0) is 6.54 Å². The molecule has 23 heavy (non-hydrogen) atoms. The van der Waals surface area contributed by atoms with E-state index in [9.17, 15) is 0 Å². The highest BCUT2D eigenvalue weighted by Gasteiger charge is 2.17. The molecule has 0 N–H and O–H groups in total. The fourth-order valence-corrected chi connectivity index (χ4v) is 3.60. The Labute approximate surface area is 137 Å². The second-order valence-electron chi connectivity index (χ2n) is 6.40. The van der Waals surface area contributed by atoms with Crippen molar-refractivity contribution >= 4 is 28.5 Å². The summed E-state index contributed by atoms with van der Waals surface area (Å²) in [5, 5.41) is 2.50. The van der Waals surface area contributed by atoms with Crippen LogP contribution in [0.2, 0.25) is 0 Å². The van der Waals surface area contributed by atoms with E-state index in [1.165, 1.54) is 38.7 Å². The molecule has 0 radical (unpaired) electrons. The molecule has 0 aliphatic carbocycles. The molecule has 0 fully saturated rings. The maximum Gasteiger partial charge on any atom is 0.0960 e. The molecule has 0 saturated heterocycles. The largest absolute Gasteiger partial charge is 0.327 e. The van der Waals surface area contributed by atoms with Crippen molar-refractivity contribution in [2.75, 3.05) is 4.90 Å². The lowest BCUT2D eigenvalue weighted by molar-refractivity contribution is 0.986. The smallest absolute Gasteiger partial charge is 0.0960 e. The van der Waals surface area contributed by atoms with E-state index in [2.05, 4.69) is 79.2 Å². The van der Waals surface area contributed by atoms with E-state index < -0.39 is 0 Å². The van der Waals surface area contributed by atoms with Gasteiger partial charge in [0.25, 0.3) is 0 Å². The highest BCUT2D eigenvalue weighted by atomic mass is 15.2. The topological polar surface area (TPSA) is 15.6 Å². The van der Waals surface area contributed by atoms with Gasteiger partial charge in [-0.05, 0) is 55.0 Å². The summed E-state index contributed by atoms with van der Waals surface area (Å²) >= 11 is 0. The van der Waals surface area contributed by atoms with Crippen molar-refractivity contribution in [3.05, 3.63) is 70.8 Å². The molecule has 2 nitrogen and oxygen atoms in total. The fraction of sp³-hybridized carbons (Fsp3) is 0.190. The van der Waals surface area contributed by atoms with Crippen molar-refractivity contribution < 1.29 is 0 Å². The molecular formula is C21H20N2.